The Morgan fingerprint density at radius 2 is 1.93 bits per heavy atom. The predicted molar refractivity (Wildman–Crippen MR) is 98.9 cm³/mol. The van der Waals surface area contributed by atoms with Crippen LogP contribution in [0.5, 0.6) is 11.5 Å². The lowest BCUT2D eigenvalue weighted by atomic mass is 10.2. The second-order valence-electron chi connectivity index (χ2n) is 5.80. The Morgan fingerprint density at radius 1 is 1.22 bits per heavy atom. The van der Waals surface area contributed by atoms with E-state index in [-0.39, 0.29) is 24.7 Å². The third-order valence-corrected chi connectivity index (χ3v) is 3.80. The molecule has 2 aromatic rings. The molecule has 27 heavy (non-hydrogen) atoms. The SMILES string of the molecule is CCOc1ccc(CNC(=O)CCn2nc([N+](=O)[O-])cc2C)cc1OCC. The molecule has 0 bridgehead atoms. The van der Waals surface area contributed by atoms with Gasteiger partial charge in [-0.25, -0.2) is 0 Å². The average Bonchev–Trinajstić information content (AvgIpc) is 3.01. The fraction of sp³-hybridized carbons (Fsp3) is 0.444. The average molecular weight is 376 g/mol. The predicted octanol–water partition coefficient (Wildman–Crippen LogP) is 2.60. The van der Waals surface area contributed by atoms with Gasteiger partial charge in [0.1, 0.15) is 0 Å². The molecule has 1 N–H and O–H groups in total. The number of nitrogens with zero attached hydrogens (tertiary/aromatic N) is 3. The summed E-state index contributed by atoms with van der Waals surface area (Å²) < 4.78 is 12.6. The van der Waals surface area contributed by atoms with Crippen molar-refractivity contribution in [2.75, 3.05) is 13.2 Å². The number of rotatable bonds is 10. The molecule has 1 aromatic heterocycles. The van der Waals surface area contributed by atoms with Crippen LogP contribution in [0.4, 0.5) is 5.82 Å². The zero-order chi connectivity index (χ0) is 19.8. The van der Waals surface area contributed by atoms with E-state index in [2.05, 4.69) is 10.4 Å². The van der Waals surface area contributed by atoms with Gasteiger partial charge in [0.05, 0.1) is 36.6 Å². The van der Waals surface area contributed by atoms with E-state index in [0.29, 0.717) is 37.0 Å². The first-order valence-electron chi connectivity index (χ1n) is 8.78. The van der Waals surface area contributed by atoms with Crippen LogP contribution in [0.25, 0.3) is 0 Å². The number of carbonyl (C=O) groups excluding carboxylic acids is 1. The minimum atomic E-state index is -0.550. The molecular weight excluding hydrogens is 352 g/mol. The number of ether oxygens (including phenoxy) is 2. The number of carbonyl (C=O) groups is 1. The molecule has 0 spiro atoms. The topological polar surface area (TPSA) is 109 Å². The van der Waals surface area contributed by atoms with E-state index in [9.17, 15) is 14.9 Å². The van der Waals surface area contributed by atoms with Gasteiger partial charge in [0.2, 0.25) is 5.91 Å². The number of benzene rings is 1. The van der Waals surface area contributed by atoms with Gasteiger partial charge in [-0.2, -0.15) is 4.68 Å². The fourth-order valence-electron chi connectivity index (χ4n) is 2.51. The second-order valence-corrected chi connectivity index (χ2v) is 5.80. The summed E-state index contributed by atoms with van der Waals surface area (Å²) in [5.41, 5.74) is 1.53. The summed E-state index contributed by atoms with van der Waals surface area (Å²) in [5.74, 6) is 0.931. The third kappa shape index (κ3) is 5.70. The summed E-state index contributed by atoms with van der Waals surface area (Å²) in [6, 6.07) is 6.92. The van der Waals surface area contributed by atoms with Crippen LogP contribution in [0, 0.1) is 17.0 Å². The lowest BCUT2D eigenvalue weighted by Gasteiger charge is -2.13. The molecular formula is C18H24N4O5. The largest absolute Gasteiger partial charge is 0.490 e. The maximum absolute atomic E-state index is 12.1. The van der Waals surface area contributed by atoms with Gasteiger partial charge in [0, 0.05) is 13.0 Å². The van der Waals surface area contributed by atoms with Crippen molar-refractivity contribution in [2.45, 2.75) is 40.3 Å². The first-order chi connectivity index (χ1) is 12.9. The van der Waals surface area contributed by atoms with Gasteiger partial charge in [-0.3, -0.25) is 4.79 Å². The molecule has 0 unspecified atom stereocenters. The number of amides is 1. The van der Waals surface area contributed by atoms with Crippen molar-refractivity contribution in [1.29, 1.82) is 0 Å². The monoisotopic (exact) mass is 376 g/mol. The van der Waals surface area contributed by atoms with Crippen LogP contribution < -0.4 is 14.8 Å². The Kier molecular flexibility index (Phi) is 7.16. The molecule has 146 valence electrons. The van der Waals surface area contributed by atoms with Crippen molar-refractivity contribution < 1.29 is 19.2 Å². The van der Waals surface area contributed by atoms with E-state index in [0.717, 1.165) is 5.56 Å². The van der Waals surface area contributed by atoms with Crippen LogP contribution in [-0.2, 0) is 17.9 Å². The minimum absolute atomic E-state index is 0.167. The van der Waals surface area contributed by atoms with E-state index >= 15 is 0 Å². The van der Waals surface area contributed by atoms with Crippen molar-refractivity contribution in [3.63, 3.8) is 0 Å². The van der Waals surface area contributed by atoms with Crippen molar-refractivity contribution in [3.05, 3.63) is 45.6 Å². The molecule has 0 aliphatic rings. The normalized spacial score (nSPS) is 10.5. The quantitative estimate of drug-likeness (QED) is 0.504. The Morgan fingerprint density at radius 3 is 2.56 bits per heavy atom. The lowest BCUT2D eigenvalue weighted by Crippen LogP contribution is -2.24. The molecule has 0 aliphatic heterocycles. The van der Waals surface area contributed by atoms with Crippen LogP contribution in [-0.4, -0.2) is 33.8 Å². The Hall–Kier alpha value is -3.10. The van der Waals surface area contributed by atoms with Crippen LogP contribution >= 0.6 is 0 Å². The molecule has 1 amide bonds. The highest BCUT2D eigenvalue weighted by molar-refractivity contribution is 5.75. The van der Waals surface area contributed by atoms with Gasteiger partial charge in [0.25, 0.3) is 0 Å². The summed E-state index contributed by atoms with van der Waals surface area (Å²) in [7, 11) is 0. The van der Waals surface area contributed by atoms with Gasteiger partial charge in [-0.15, -0.1) is 0 Å². The van der Waals surface area contributed by atoms with Crippen LogP contribution in [0.3, 0.4) is 0 Å². The molecule has 2 rings (SSSR count). The summed E-state index contributed by atoms with van der Waals surface area (Å²) in [4.78, 5) is 22.3. The maximum Gasteiger partial charge on any atom is 0.390 e. The van der Waals surface area contributed by atoms with Crippen molar-refractivity contribution in [1.82, 2.24) is 15.1 Å². The highest BCUT2D eigenvalue weighted by Gasteiger charge is 2.16. The number of nitrogens with one attached hydrogen (secondary N) is 1. The van der Waals surface area contributed by atoms with Gasteiger partial charge in [-0.1, -0.05) is 6.07 Å². The zero-order valence-electron chi connectivity index (χ0n) is 15.7. The number of hydrogen-bond donors (Lipinski definition) is 1. The molecule has 0 atom stereocenters. The summed E-state index contributed by atoms with van der Waals surface area (Å²) >= 11 is 0. The molecule has 9 heteroatoms. The minimum Gasteiger partial charge on any atom is -0.490 e. The van der Waals surface area contributed by atoms with Crippen LogP contribution in [0.1, 0.15) is 31.5 Å². The standard InChI is InChI=1S/C18H24N4O5/c1-4-26-15-7-6-14(11-16(15)27-5-2)12-19-18(23)8-9-21-13(3)10-17(20-21)22(24)25/h6-7,10-11H,4-5,8-9,12H2,1-3H3,(H,19,23). The number of aryl methyl sites for hydroxylation is 2. The van der Waals surface area contributed by atoms with Crippen LogP contribution in [0.15, 0.2) is 24.3 Å². The first kappa shape index (κ1) is 20.2. The van der Waals surface area contributed by atoms with E-state index in [4.69, 9.17) is 9.47 Å². The number of aromatic nitrogens is 2. The van der Waals surface area contributed by atoms with Gasteiger partial charge in [-0.05, 0) is 43.4 Å². The van der Waals surface area contributed by atoms with Crippen LogP contribution in [0.2, 0.25) is 0 Å². The lowest BCUT2D eigenvalue weighted by molar-refractivity contribution is -0.389. The number of nitro groups is 1. The molecule has 0 saturated heterocycles. The van der Waals surface area contributed by atoms with E-state index in [1.807, 2.05) is 32.0 Å². The number of hydrogen-bond acceptors (Lipinski definition) is 6. The van der Waals surface area contributed by atoms with Crippen molar-refractivity contribution >= 4 is 11.7 Å². The van der Waals surface area contributed by atoms with Gasteiger partial charge in [0.15, 0.2) is 11.5 Å². The summed E-state index contributed by atoms with van der Waals surface area (Å²) in [5, 5.41) is 17.4. The van der Waals surface area contributed by atoms with E-state index < -0.39 is 4.92 Å². The fourth-order valence-corrected chi connectivity index (χ4v) is 2.51. The Bertz CT molecular complexity index is 803. The Balaban J connectivity index is 1.89. The van der Waals surface area contributed by atoms with E-state index in [1.54, 1.807) is 6.92 Å². The highest BCUT2D eigenvalue weighted by Crippen LogP contribution is 2.28. The summed E-state index contributed by atoms with van der Waals surface area (Å²) in [6.45, 7) is 7.20. The third-order valence-electron chi connectivity index (χ3n) is 3.80. The van der Waals surface area contributed by atoms with Gasteiger partial charge >= 0.3 is 5.82 Å². The molecule has 0 fully saturated rings. The summed E-state index contributed by atoms with van der Waals surface area (Å²) in [6.07, 6.45) is 0.176. The smallest absolute Gasteiger partial charge is 0.390 e. The van der Waals surface area contributed by atoms with Gasteiger partial charge < -0.3 is 24.9 Å². The maximum atomic E-state index is 12.1. The first-order valence-corrected chi connectivity index (χ1v) is 8.78. The molecule has 1 aromatic carbocycles. The molecule has 0 saturated carbocycles. The van der Waals surface area contributed by atoms with Crippen molar-refractivity contribution in [3.8, 4) is 11.5 Å². The van der Waals surface area contributed by atoms with E-state index in [1.165, 1.54) is 10.7 Å². The molecule has 0 radical (unpaired) electrons. The zero-order valence-corrected chi connectivity index (χ0v) is 15.7. The Labute approximate surface area is 157 Å². The van der Waals surface area contributed by atoms with Crippen molar-refractivity contribution in [2.24, 2.45) is 0 Å². The highest BCUT2D eigenvalue weighted by atomic mass is 16.6. The molecule has 1 heterocycles. The molecule has 9 nitrogen and oxygen atoms in total. The second kappa shape index (κ2) is 9.56. The molecule has 0 aliphatic carbocycles.